The number of hydrogen-bond acceptors (Lipinski definition) is 1. The van der Waals surface area contributed by atoms with Gasteiger partial charge in [0.05, 0.1) is 0 Å². The van der Waals surface area contributed by atoms with Crippen molar-refractivity contribution >= 4 is 0 Å². The molecule has 0 aromatic rings. The first kappa shape index (κ1) is 12.5. The van der Waals surface area contributed by atoms with Crippen molar-refractivity contribution in [3.05, 3.63) is 17.9 Å². The van der Waals surface area contributed by atoms with Crippen molar-refractivity contribution in [2.24, 2.45) is 0 Å². The number of hydrogen-bond donors (Lipinski definition) is 1. The summed E-state index contributed by atoms with van der Waals surface area (Å²) in [7, 11) is 0. The fourth-order valence-electron chi connectivity index (χ4n) is 1.93. The summed E-state index contributed by atoms with van der Waals surface area (Å²) in [5.74, 6) is 0. The average molecular weight is 207 g/mol. The zero-order chi connectivity index (χ0) is 10.6. The lowest BCUT2D eigenvalue weighted by Crippen LogP contribution is -2.15. The molecule has 0 aromatic heterocycles. The Kier molecular flexibility index (Phi) is 8.38. The minimum atomic E-state index is 1.11. The molecule has 0 bridgehead atoms. The molecule has 1 nitrogen and oxygen atoms in total. The largest absolute Gasteiger partial charge is 0.316 e. The van der Waals surface area contributed by atoms with E-state index in [4.69, 9.17) is 0 Å². The van der Waals surface area contributed by atoms with Gasteiger partial charge in [-0.3, -0.25) is 0 Å². The Balaban J connectivity index is 2.16. The van der Waals surface area contributed by atoms with Crippen LogP contribution >= 0.6 is 0 Å². The highest BCUT2D eigenvalue weighted by molar-refractivity contribution is 4.85. The van der Waals surface area contributed by atoms with Crippen LogP contribution < -0.4 is 5.32 Å². The summed E-state index contributed by atoms with van der Waals surface area (Å²) in [5.41, 5.74) is 3.26. The first-order valence-corrected chi connectivity index (χ1v) is 6.60. The predicted octanol–water partition coefficient (Wildman–Crippen LogP) is 3.81. The SMILES string of the molecule is C1=CCCCCCCCCCNCCC=1. The topological polar surface area (TPSA) is 12.0 Å². The fourth-order valence-corrected chi connectivity index (χ4v) is 1.93. The van der Waals surface area contributed by atoms with E-state index in [-0.39, 0.29) is 0 Å². The summed E-state index contributed by atoms with van der Waals surface area (Å²) < 4.78 is 0. The fraction of sp³-hybridized carbons (Fsp3) is 0.786. The van der Waals surface area contributed by atoms with Gasteiger partial charge in [-0.25, -0.2) is 0 Å². The molecule has 0 aliphatic carbocycles. The molecule has 1 rings (SSSR count). The average Bonchev–Trinajstić information content (AvgIpc) is 2.27. The third-order valence-electron chi connectivity index (χ3n) is 2.90. The van der Waals surface area contributed by atoms with Crippen molar-refractivity contribution in [2.45, 2.75) is 57.8 Å². The van der Waals surface area contributed by atoms with Crippen LogP contribution in [0.3, 0.4) is 0 Å². The molecule has 1 N–H and O–H groups in total. The first-order valence-electron chi connectivity index (χ1n) is 6.60. The summed E-state index contributed by atoms with van der Waals surface area (Å²) in [6.45, 7) is 2.30. The second-order valence-electron chi connectivity index (χ2n) is 4.38. The van der Waals surface area contributed by atoms with Crippen LogP contribution in [0.2, 0.25) is 0 Å². The van der Waals surface area contributed by atoms with E-state index in [1.807, 2.05) is 0 Å². The Morgan fingerprint density at radius 3 is 2.20 bits per heavy atom. The van der Waals surface area contributed by atoms with Crippen LogP contribution in [0.4, 0.5) is 0 Å². The molecular formula is C14H25N. The summed E-state index contributed by atoms with van der Waals surface area (Å²) in [6, 6.07) is 0. The molecule has 86 valence electrons. The minimum absolute atomic E-state index is 1.11. The maximum Gasteiger partial charge on any atom is -0.000817 e. The molecule has 0 saturated heterocycles. The second-order valence-corrected chi connectivity index (χ2v) is 4.38. The lowest BCUT2D eigenvalue weighted by atomic mass is 10.1. The lowest BCUT2D eigenvalue weighted by molar-refractivity contribution is 0.561. The molecule has 0 spiro atoms. The van der Waals surface area contributed by atoms with Gasteiger partial charge in [-0.1, -0.05) is 32.1 Å². The highest BCUT2D eigenvalue weighted by atomic mass is 14.8. The molecule has 1 heteroatoms. The van der Waals surface area contributed by atoms with Gasteiger partial charge in [0.2, 0.25) is 0 Å². The zero-order valence-electron chi connectivity index (χ0n) is 9.93. The van der Waals surface area contributed by atoms with Crippen molar-refractivity contribution in [1.82, 2.24) is 5.32 Å². The van der Waals surface area contributed by atoms with Crippen LogP contribution in [0, 0.1) is 0 Å². The van der Waals surface area contributed by atoms with Crippen LogP contribution in [-0.4, -0.2) is 13.1 Å². The van der Waals surface area contributed by atoms with Gasteiger partial charge in [0.15, 0.2) is 0 Å². The van der Waals surface area contributed by atoms with Gasteiger partial charge in [0.1, 0.15) is 0 Å². The maximum atomic E-state index is 3.47. The third kappa shape index (κ3) is 8.47. The Bertz CT molecular complexity index is 172. The van der Waals surface area contributed by atoms with Gasteiger partial charge in [0.25, 0.3) is 0 Å². The number of nitrogens with one attached hydrogen (secondary N) is 1. The van der Waals surface area contributed by atoms with Crippen molar-refractivity contribution < 1.29 is 0 Å². The van der Waals surface area contributed by atoms with Gasteiger partial charge in [-0.2, -0.15) is 0 Å². The van der Waals surface area contributed by atoms with E-state index in [1.165, 1.54) is 57.9 Å². The molecule has 0 saturated carbocycles. The molecule has 0 atom stereocenters. The molecule has 0 radical (unpaired) electrons. The van der Waals surface area contributed by atoms with Crippen molar-refractivity contribution in [2.75, 3.05) is 13.1 Å². The molecule has 1 aliphatic rings. The Labute approximate surface area is 94.6 Å². The van der Waals surface area contributed by atoms with Crippen LogP contribution in [0.25, 0.3) is 0 Å². The van der Waals surface area contributed by atoms with Crippen LogP contribution in [0.5, 0.6) is 0 Å². The van der Waals surface area contributed by atoms with Crippen molar-refractivity contribution in [1.29, 1.82) is 0 Å². The summed E-state index contributed by atoms with van der Waals surface area (Å²) in [4.78, 5) is 0. The van der Waals surface area contributed by atoms with Crippen LogP contribution in [0.1, 0.15) is 57.8 Å². The van der Waals surface area contributed by atoms with Gasteiger partial charge in [-0.05, 0) is 50.9 Å². The smallest absolute Gasteiger partial charge is 0.000817 e. The highest BCUT2D eigenvalue weighted by Crippen LogP contribution is 2.08. The van der Waals surface area contributed by atoms with Crippen LogP contribution in [0.15, 0.2) is 17.9 Å². The van der Waals surface area contributed by atoms with E-state index in [0.29, 0.717) is 0 Å². The van der Waals surface area contributed by atoms with E-state index < -0.39 is 0 Å². The molecule has 0 unspecified atom stereocenters. The number of rotatable bonds is 0. The van der Waals surface area contributed by atoms with E-state index in [2.05, 4.69) is 23.2 Å². The first-order chi connectivity index (χ1) is 7.50. The summed E-state index contributed by atoms with van der Waals surface area (Å²) >= 11 is 0. The van der Waals surface area contributed by atoms with Gasteiger partial charge < -0.3 is 5.32 Å². The second kappa shape index (κ2) is 10.0. The molecular weight excluding hydrogens is 182 g/mol. The highest BCUT2D eigenvalue weighted by Gasteiger charge is 1.92. The molecule has 1 heterocycles. The van der Waals surface area contributed by atoms with E-state index >= 15 is 0 Å². The zero-order valence-corrected chi connectivity index (χ0v) is 9.93. The standard InChI is InChI=1S/C14H25N/c1-2-4-6-8-10-12-14-15-13-11-9-7-5-3-1/h5,9,15H,1-4,6,8,10-14H2. The third-order valence-corrected chi connectivity index (χ3v) is 2.90. The van der Waals surface area contributed by atoms with Crippen LogP contribution in [-0.2, 0) is 0 Å². The Morgan fingerprint density at radius 2 is 1.33 bits per heavy atom. The van der Waals surface area contributed by atoms with Crippen molar-refractivity contribution in [3.8, 4) is 0 Å². The monoisotopic (exact) mass is 207 g/mol. The van der Waals surface area contributed by atoms with Gasteiger partial charge in [0, 0.05) is 0 Å². The van der Waals surface area contributed by atoms with Crippen molar-refractivity contribution in [3.63, 3.8) is 0 Å². The maximum absolute atomic E-state index is 3.47. The lowest BCUT2D eigenvalue weighted by Gasteiger charge is -2.02. The quantitative estimate of drug-likeness (QED) is 0.596. The van der Waals surface area contributed by atoms with E-state index in [0.717, 1.165) is 13.0 Å². The van der Waals surface area contributed by atoms with Gasteiger partial charge in [-0.15, -0.1) is 5.73 Å². The minimum Gasteiger partial charge on any atom is -0.316 e. The normalized spacial score (nSPS) is 21.9. The Hall–Kier alpha value is -0.520. The van der Waals surface area contributed by atoms with E-state index in [1.54, 1.807) is 0 Å². The molecule has 0 fully saturated rings. The summed E-state index contributed by atoms with van der Waals surface area (Å²) in [6.07, 6.45) is 16.5. The molecule has 15 heavy (non-hydrogen) atoms. The predicted molar refractivity (Wildman–Crippen MR) is 67.1 cm³/mol. The summed E-state index contributed by atoms with van der Waals surface area (Å²) in [5, 5.41) is 3.47. The van der Waals surface area contributed by atoms with Gasteiger partial charge >= 0.3 is 0 Å². The molecule has 0 amide bonds. The molecule has 1 aliphatic heterocycles. The Morgan fingerprint density at radius 1 is 0.667 bits per heavy atom. The molecule has 0 aromatic carbocycles. The van der Waals surface area contributed by atoms with E-state index in [9.17, 15) is 0 Å².